The molecule has 0 radical (unpaired) electrons. The maximum atomic E-state index is 5.73. The van der Waals surface area contributed by atoms with Crippen molar-refractivity contribution in [2.24, 2.45) is 10.8 Å². The fourth-order valence-electron chi connectivity index (χ4n) is 5.72. The minimum Gasteiger partial charge on any atom is -0.381 e. The molecular formula is C15H27N3O. The number of hydrogen-bond donors (Lipinski definition) is 0. The molecule has 0 amide bonds. The van der Waals surface area contributed by atoms with Gasteiger partial charge < -0.3 is 19.4 Å². The summed E-state index contributed by atoms with van der Waals surface area (Å²) in [6.45, 7) is 7.12. The van der Waals surface area contributed by atoms with Gasteiger partial charge in [0.1, 0.15) is 0 Å². The van der Waals surface area contributed by atoms with E-state index < -0.39 is 0 Å². The van der Waals surface area contributed by atoms with Crippen molar-refractivity contribution in [1.29, 1.82) is 0 Å². The molecule has 0 saturated carbocycles. The molecule has 4 heterocycles. The van der Waals surface area contributed by atoms with Gasteiger partial charge in [0.15, 0.2) is 0 Å². The Morgan fingerprint density at radius 3 is 2.37 bits per heavy atom. The lowest BCUT2D eigenvalue weighted by atomic mass is 9.66. The number of likely N-dealkylation sites (N-methyl/N-ethyl adjacent to an activating group) is 2. The van der Waals surface area contributed by atoms with Crippen molar-refractivity contribution in [2.75, 3.05) is 60.5 Å². The first-order valence-electron chi connectivity index (χ1n) is 7.71. The van der Waals surface area contributed by atoms with E-state index in [2.05, 4.69) is 35.8 Å². The van der Waals surface area contributed by atoms with Crippen LogP contribution in [0.15, 0.2) is 0 Å². The lowest BCUT2D eigenvalue weighted by Gasteiger charge is -2.57. The fraction of sp³-hybridized carbons (Fsp3) is 1.00. The van der Waals surface area contributed by atoms with Gasteiger partial charge in [0.25, 0.3) is 0 Å². The van der Waals surface area contributed by atoms with Gasteiger partial charge in [-0.2, -0.15) is 0 Å². The van der Waals surface area contributed by atoms with Gasteiger partial charge in [-0.3, -0.25) is 0 Å². The molecule has 4 nitrogen and oxygen atoms in total. The highest BCUT2D eigenvalue weighted by Crippen LogP contribution is 2.51. The average Bonchev–Trinajstić information content (AvgIpc) is 2.86. The average molecular weight is 265 g/mol. The molecule has 0 aromatic heterocycles. The zero-order valence-corrected chi connectivity index (χ0v) is 12.6. The van der Waals surface area contributed by atoms with Gasteiger partial charge in [0.2, 0.25) is 0 Å². The van der Waals surface area contributed by atoms with Crippen LogP contribution in [0.2, 0.25) is 0 Å². The second-order valence-electron chi connectivity index (χ2n) is 7.88. The molecule has 4 heteroatoms. The van der Waals surface area contributed by atoms with E-state index in [1.807, 2.05) is 0 Å². The summed E-state index contributed by atoms with van der Waals surface area (Å²) in [6.07, 6.45) is 2.67. The van der Waals surface area contributed by atoms with E-state index in [-0.39, 0.29) is 0 Å². The highest BCUT2D eigenvalue weighted by Gasteiger charge is 2.60. The van der Waals surface area contributed by atoms with E-state index in [1.165, 1.54) is 39.0 Å². The molecule has 2 spiro atoms. The van der Waals surface area contributed by atoms with Crippen molar-refractivity contribution < 1.29 is 4.74 Å². The zero-order chi connectivity index (χ0) is 13.3. The van der Waals surface area contributed by atoms with Crippen molar-refractivity contribution in [3.8, 4) is 0 Å². The van der Waals surface area contributed by atoms with E-state index in [0.29, 0.717) is 10.8 Å². The molecule has 0 N–H and O–H groups in total. The van der Waals surface area contributed by atoms with Gasteiger partial charge in [-0.05, 0) is 34.0 Å². The Kier molecular flexibility index (Phi) is 2.61. The third-order valence-corrected chi connectivity index (χ3v) is 6.17. The molecule has 0 aliphatic carbocycles. The maximum Gasteiger partial charge on any atom is 0.0551 e. The highest BCUT2D eigenvalue weighted by molar-refractivity contribution is 5.15. The van der Waals surface area contributed by atoms with Crippen molar-refractivity contribution in [3.05, 3.63) is 0 Å². The SMILES string of the molecule is CN1CC2(CC(C3N(C)CC34CCOC4)N(C)C2)C1. The fourth-order valence-corrected chi connectivity index (χ4v) is 5.72. The highest BCUT2D eigenvalue weighted by atomic mass is 16.5. The van der Waals surface area contributed by atoms with Gasteiger partial charge >= 0.3 is 0 Å². The Balaban J connectivity index is 1.52. The van der Waals surface area contributed by atoms with Gasteiger partial charge in [0.05, 0.1) is 6.61 Å². The van der Waals surface area contributed by atoms with Crippen molar-refractivity contribution in [2.45, 2.75) is 24.9 Å². The van der Waals surface area contributed by atoms with Crippen LogP contribution in [0.5, 0.6) is 0 Å². The second kappa shape index (κ2) is 3.94. The topological polar surface area (TPSA) is 19.0 Å². The Labute approximate surface area is 116 Å². The summed E-state index contributed by atoms with van der Waals surface area (Å²) in [7, 11) is 6.90. The molecule has 3 unspecified atom stereocenters. The second-order valence-corrected chi connectivity index (χ2v) is 7.88. The minimum atomic E-state index is 0.481. The quantitative estimate of drug-likeness (QED) is 0.681. The van der Waals surface area contributed by atoms with Crippen LogP contribution < -0.4 is 0 Å². The molecule has 4 saturated heterocycles. The van der Waals surface area contributed by atoms with Gasteiger partial charge in [0, 0.05) is 55.7 Å². The van der Waals surface area contributed by atoms with Crippen molar-refractivity contribution in [3.63, 3.8) is 0 Å². The standard InChI is InChI=1S/C15H27N3O/c1-16-7-14(8-16)6-12(17(2)9-14)13-15(10-18(13)3)4-5-19-11-15/h12-13H,4-11H2,1-3H3. The lowest BCUT2D eigenvalue weighted by Crippen LogP contribution is -2.69. The first kappa shape index (κ1) is 12.6. The van der Waals surface area contributed by atoms with Crippen molar-refractivity contribution in [1.82, 2.24) is 14.7 Å². The van der Waals surface area contributed by atoms with Crippen molar-refractivity contribution >= 4 is 0 Å². The molecule has 108 valence electrons. The summed E-state index contributed by atoms with van der Waals surface area (Å²) in [5, 5.41) is 0. The Hall–Kier alpha value is -0.160. The third-order valence-electron chi connectivity index (χ3n) is 6.17. The molecular weight excluding hydrogens is 238 g/mol. The third kappa shape index (κ3) is 1.67. The zero-order valence-electron chi connectivity index (χ0n) is 12.6. The Morgan fingerprint density at radius 2 is 1.79 bits per heavy atom. The Bertz CT molecular complexity index is 374. The Morgan fingerprint density at radius 1 is 1.00 bits per heavy atom. The number of ether oxygens (including phenoxy) is 1. The van der Waals surface area contributed by atoms with Gasteiger partial charge in [-0.25, -0.2) is 0 Å². The summed E-state index contributed by atoms with van der Waals surface area (Å²) in [5.74, 6) is 0. The molecule has 4 aliphatic rings. The molecule has 0 aromatic carbocycles. The van der Waals surface area contributed by atoms with Gasteiger partial charge in [-0.15, -0.1) is 0 Å². The largest absolute Gasteiger partial charge is 0.381 e. The normalized spacial score (nSPS) is 46.9. The molecule has 4 rings (SSSR count). The van der Waals surface area contributed by atoms with Crippen LogP contribution >= 0.6 is 0 Å². The lowest BCUT2D eigenvalue weighted by molar-refractivity contribution is -0.0927. The van der Waals surface area contributed by atoms with E-state index in [9.17, 15) is 0 Å². The number of nitrogens with zero attached hydrogens (tertiary/aromatic N) is 3. The van der Waals surface area contributed by atoms with E-state index in [0.717, 1.165) is 25.3 Å². The number of rotatable bonds is 1. The number of hydrogen-bond acceptors (Lipinski definition) is 4. The van der Waals surface area contributed by atoms with Crippen LogP contribution in [-0.2, 0) is 4.74 Å². The molecule has 4 aliphatic heterocycles. The molecule has 19 heavy (non-hydrogen) atoms. The predicted molar refractivity (Wildman–Crippen MR) is 75.3 cm³/mol. The monoisotopic (exact) mass is 265 g/mol. The predicted octanol–water partition coefficient (Wildman–Crippen LogP) is 0.343. The first-order chi connectivity index (χ1) is 9.04. The van der Waals surface area contributed by atoms with Crippen LogP contribution in [-0.4, -0.2) is 87.3 Å². The van der Waals surface area contributed by atoms with Gasteiger partial charge in [-0.1, -0.05) is 0 Å². The van der Waals surface area contributed by atoms with E-state index in [1.54, 1.807) is 0 Å². The molecule has 4 fully saturated rings. The van der Waals surface area contributed by atoms with Crippen LogP contribution in [0.25, 0.3) is 0 Å². The summed E-state index contributed by atoms with van der Waals surface area (Å²) in [6, 6.07) is 1.47. The summed E-state index contributed by atoms with van der Waals surface area (Å²) in [4.78, 5) is 7.69. The first-order valence-corrected chi connectivity index (χ1v) is 7.71. The molecule has 0 aromatic rings. The number of likely N-dealkylation sites (tertiary alicyclic amines) is 3. The molecule has 0 bridgehead atoms. The minimum absolute atomic E-state index is 0.481. The smallest absolute Gasteiger partial charge is 0.0551 e. The van der Waals surface area contributed by atoms with E-state index >= 15 is 0 Å². The van der Waals surface area contributed by atoms with Crippen LogP contribution in [0, 0.1) is 10.8 Å². The summed E-state index contributed by atoms with van der Waals surface area (Å²) >= 11 is 0. The molecule has 3 atom stereocenters. The van der Waals surface area contributed by atoms with E-state index in [4.69, 9.17) is 4.74 Å². The summed E-state index contributed by atoms with van der Waals surface area (Å²) in [5.41, 5.74) is 1.08. The van der Waals surface area contributed by atoms with Crippen LogP contribution in [0.1, 0.15) is 12.8 Å². The summed E-state index contributed by atoms with van der Waals surface area (Å²) < 4.78 is 5.73. The van der Waals surface area contributed by atoms with Crippen LogP contribution in [0.4, 0.5) is 0 Å². The van der Waals surface area contributed by atoms with Crippen LogP contribution in [0.3, 0.4) is 0 Å². The maximum absolute atomic E-state index is 5.73.